The molecule has 0 aliphatic rings. The molecule has 0 atom stereocenters. The Morgan fingerprint density at radius 2 is 2.24 bits per heavy atom. The van der Waals surface area contributed by atoms with E-state index in [1.165, 1.54) is 0 Å². The van der Waals surface area contributed by atoms with Crippen LogP contribution in [0.2, 0.25) is 0 Å². The molecule has 1 aromatic carbocycles. The Bertz CT molecular complexity index is 619. The monoisotopic (exact) mass is 289 g/mol. The third kappa shape index (κ3) is 3.74. The summed E-state index contributed by atoms with van der Waals surface area (Å²) in [5, 5.41) is 2.94. The third-order valence-corrected chi connectivity index (χ3v) is 3.61. The Morgan fingerprint density at radius 3 is 2.95 bits per heavy atom. The normalized spacial score (nSPS) is 10.8. The van der Waals surface area contributed by atoms with Gasteiger partial charge in [-0.1, -0.05) is 13.3 Å². The van der Waals surface area contributed by atoms with Crippen molar-refractivity contribution < 1.29 is 9.53 Å². The van der Waals surface area contributed by atoms with Gasteiger partial charge in [-0.25, -0.2) is 4.98 Å². The number of amides is 1. The highest BCUT2D eigenvalue weighted by Gasteiger charge is 2.09. The molecule has 2 rings (SSSR count). The van der Waals surface area contributed by atoms with E-state index in [1.54, 1.807) is 7.11 Å². The van der Waals surface area contributed by atoms with Crippen molar-refractivity contribution in [1.29, 1.82) is 0 Å². The lowest BCUT2D eigenvalue weighted by molar-refractivity contribution is -0.121. The minimum Gasteiger partial charge on any atom is -0.497 e. The lowest BCUT2D eigenvalue weighted by Crippen LogP contribution is -2.25. The third-order valence-electron chi connectivity index (χ3n) is 3.61. The van der Waals surface area contributed by atoms with Gasteiger partial charge in [0.05, 0.1) is 18.1 Å². The Morgan fingerprint density at radius 1 is 1.43 bits per heavy atom. The average molecular weight is 289 g/mol. The van der Waals surface area contributed by atoms with Gasteiger partial charge in [-0.2, -0.15) is 0 Å². The zero-order valence-corrected chi connectivity index (χ0v) is 13.0. The molecule has 21 heavy (non-hydrogen) atoms. The summed E-state index contributed by atoms with van der Waals surface area (Å²) in [5.74, 6) is 1.89. The van der Waals surface area contributed by atoms with E-state index in [0.29, 0.717) is 13.0 Å². The van der Waals surface area contributed by atoms with Crippen molar-refractivity contribution in [3.8, 4) is 5.75 Å². The van der Waals surface area contributed by atoms with Crippen molar-refractivity contribution in [2.24, 2.45) is 7.05 Å². The van der Waals surface area contributed by atoms with Gasteiger partial charge in [0, 0.05) is 32.5 Å². The van der Waals surface area contributed by atoms with Crippen LogP contribution < -0.4 is 10.1 Å². The van der Waals surface area contributed by atoms with E-state index in [1.807, 2.05) is 25.2 Å². The highest BCUT2D eigenvalue weighted by Crippen LogP contribution is 2.20. The Kier molecular flexibility index (Phi) is 5.20. The number of carbonyl (C=O) groups excluding carboxylic acids is 1. The van der Waals surface area contributed by atoms with Gasteiger partial charge in [-0.3, -0.25) is 4.79 Å². The number of benzene rings is 1. The molecule has 1 amide bonds. The van der Waals surface area contributed by atoms with E-state index < -0.39 is 0 Å². The van der Waals surface area contributed by atoms with Crippen molar-refractivity contribution in [2.45, 2.75) is 32.6 Å². The van der Waals surface area contributed by atoms with Crippen LogP contribution in [-0.4, -0.2) is 29.1 Å². The van der Waals surface area contributed by atoms with Crippen LogP contribution in [-0.2, 0) is 18.3 Å². The number of hydrogen-bond donors (Lipinski definition) is 1. The minimum atomic E-state index is 0.122. The second kappa shape index (κ2) is 7.11. The lowest BCUT2D eigenvalue weighted by atomic mass is 10.2. The van der Waals surface area contributed by atoms with Crippen LogP contribution in [0.25, 0.3) is 11.0 Å². The number of rotatable bonds is 7. The molecule has 5 nitrogen and oxygen atoms in total. The number of aromatic nitrogens is 2. The smallest absolute Gasteiger partial charge is 0.220 e. The first-order valence-corrected chi connectivity index (χ1v) is 7.41. The molecule has 2 aromatic rings. The molecule has 0 bridgehead atoms. The molecule has 1 N–H and O–H groups in total. The Hall–Kier alpha value is -2.04. The van der Waals surface area contributed by atoms with E-state index in [9.17, 15) is 4.79 Å². The molecule has 0 aliphatic carbocycles. The molecular weight excluding hydrogens is 266 g/mol. The molecule has 0 unspecified atom stereocenters. The van der Waals surface area contributed by atoms with Crippen LogP contribution >= 0.6 is 0 Å². The first-order valence-electron chi connectivity index (χ1n) is 7.41. The molecule has 1 aromatic heterocycles. The molecule has 0 spiro atoms. The highest BCUT2D eigenvalue weighted by atomic mass is 16.5. The number of imidazole rings is 1. The fraction of sp³-hybridized carbons (Fsp3) is 0.500. The van der Waals surface area contributed by atoms with Gasteiger partial charge >= 0.3 is 0 Å². The molecule has 0 saturated heterocycles. The van der Waals surface area contributed by atoms with Crippen LogP contribution in [0.3, 0.4) is 0 Å². The lowest BCUT2D eigenvalue weighted by Gasteiger charge is -2.05. The van der Waals surface area contributed by atoms with Gasteiger partial charge in [0.1, 0.15) is 11.6 Å². The number of nitrogens with one attached hydrogen (secondary N) is 1. The van der Waals surface area contributed by atoms with Crippen molar-refractivity contribution in [3.05, 3.63) is 24.0 Å². The Labute approximate surface area is 125 Å². The number of fused-ring (bicyclic) bond motifs is 1. The van der Waals surface area contributed by atoms with Gasteiger partial charge in [0.25, 0.3) is 0 Å². The van der Waals surface area contributed by atoms with Crippen LogP contribution in [0, 0.1) is 0 Å². The summed E-state index contributed by atoms with van der Waals surface area (Å²) in [6, 6.07) is 5.86. The summed E-state index contributed by atoms with van der Waals surface area (Å²) in [6.45, 7) is 2.71. The zero-order chi connectivity index (χ0) is 15.2. The van der Waals surface area contributed by atoms with Crippen LogP contribution in [0.15, 0.2) is 18.2 Å². The maximum Gasteiger partial charge on any atom is 0.220 e. The summed E-state index contributed by atoms with van der Waals surface area (Å²) >= 11 is 0. The van der Waals surface area contributed by atoms with Crippen molar-refractivity contribution >= 4 is 16.9 Å². The van der Waals surface area contributed by atoms with Gasteiger partial charge in [-0.05, 0) is 18.6 Å². The van der Waals surface area contributed by atoms with Crippen molar-refractivity contribution in [1.82, 2.24) is 14.9 Å². The first-order chi connectivity index (χ1) is 10.2. The van der Waals surface area contributed by atoms with Crippen molar-refractivity contribution in [3.63, 3.8) is 0 Å². The standard InChI is InChI=1S/C16H23N3O2/c1-4-5-6-16(20)17-10-9-15-18-13-11-12(21-3)7-8-14(13)19(15)2/h7-8,11H,4-6,9-10H2,1-3H3,(H,17,20). The first kappa shape index (κ1) is 15.4. The fourth-order valence-electron chi connectivity index (χ4n) is 2.32. The topological polar surface area (TPSA) is 56.1 Å². The van der Waals surface area contributed by atoms with Gasteiger partial charge in [0.15, 0.2) is 0 Å². The number of ether oxygens (including phenoxy) is 1. The fourth-order valence-corrected chi connectivity index (χ4v) is 2.32. The second-order valence-corrected chi connectivity index (χ2v) is 5.15. The Balaban J connectivity index is 1.99. The maximum absolute atomic E-state index is 11.6. The molecule has 5 heteroatoms. The number of hydrogen-bond acceptors (Lipinski definition) is 3. The largest absolute Gasteiger partial charge is 0.497 e. The minimum absolute atomic E-state index is 0.122. The van der Waals surface area contributed by atoms with Crippen LogP contribution in [0.1, 0.15) is 32.0 Å². The van der Waals surface area contributed by atoms with Gasteiger partial charge in [0.2, 0.25) is 5.91 Å². The van der Waals surface area contributed by atoms with E-state index >= 15 is 0 Å². The predicted octanol–water partition coefficient (Wildman–Crippen LogP) is 2.43. The molecule has 114 valence electrons. The highest BCUT2D eigenvalue weighted by molar-refractivity contribution is 5.78. The summed E-state index contributed by atoms with van der Waals surface area (Å²) in [7, 11) is 3.65. The molecule has 0 radical (unpaired) electrons. The molecule has 0 saturated carbocycles. The van der Waals surface area contributed by atoms with Crippen molar-refractivity contribution in [2.75, 3.05) is 13.7 Å². The summed E-state index contributed by atoms with van der Waals surface area (Å²) in [4.78, 5) is 16.2. The van der Waals surface area contributed by atoms with E-state index in [2.05, 4.69) is 21.8 Å². The molecule has 1 heterocycles. The van der Waals surface area contributed by atoms with E-state index in [4.69, 9.17) is 4.74 Å². The predicted molar refractivity (Wildman–Crippen MR) is 83.5 cm³/mol. The molecule has 0 fully saturated rings. The maximum atomic E-state index is 11.6. The second-order valence-electron chi connectivity index (χ2n) is 5.15. The quantitative estimate of drug-likeness (QED) is 0.851. The number of nitrogens with zero attached hydrogens (tertiary/aromatic N) is 2. The molecule has 0 aliphatic heterocycles. The number of unbranched alkanes of at least 4 members (excludes halogenated alkanes) is 1. The van der Waals surface area contributed by atoms with E-state index in [0.717, 1.165) is 41.9 Å². The summed E-state index contributed by atoms with van der Waals surface area (Å²) in [6.07, 6.45) is 3.32. The van der Waals surface area contributed by atoms with Gasteiger partial charge in [-0.15, -0.1) is 0 Å². The van der Waals surface area contributed by atoms with Gasteiger partial charge < -0.3 is 14.6 Å². The average Bonchev–Trinajstić information content (AvgIpc) is 2.81. The van der Waals surface area contributed by atoms with E-state index in [-0.39, 0.29) is 5.91 Å². The SMILES string of the molecule is CCCCC(=O)NCCc1nc2cc(OC)ccc2n1C. The number of carbonyl (C=O) groups is 1. The molecular formula is C16H23N3O2. The summed E-state index contributed by atoms with van der Waals surface area (Å²) in [5.41, 5.74) is 1.99. The summed E-state index contributed by atoms with van der Waals surface area (Å²) < 4.78 is 7.28. The number of methoxy groups -OCH3 is 1. The van der Waals surface area contributed by atoms with Crippen LogP contribution in [0.4, 0.5) is 0 Å². The number of aryl methyl sites for hydroxylation is 1. The zero-order valence-electron chi connectivity index (χ0n) is 13.0. The van der Waals surface area contributed by atoms with Crippen LogP contribution in [0.5, 0.6) is 5.75 Å².